The SMILES string of the molecule is CC/C=C/CCCCC/C=C/C(C)OC(C)=O. The van der Waals surface area contributed by atoms with E-state index < -0.39 is 0 Å². The minimum atomic E-state index is -0.218. The average Bonchev–Trinajstić information content (AvgIpc) is 2.26. The minimum absolute atomic E-state index is 0.0972. The van der Waals surface area contributed by atoms with Gasteiger partial charge in [0.1, 0.15) is 6.10 Å². The highest BCUT2D eigenvalue weighted by Gasteiger charge is 1.98. The predicted molar refractivity (Wildman–Crippen MR) is 72.9 cm³/mol. The van der Waals surface area contributed by atoms with Crippen molar-refractivity contribution in [1.29, 1.82) is 0 Å². The summed E-state index contributed by atoms with van der Waals surface area (Å²) in [6, 6.07) is 0. The van der Waals surface area contributed by atoms with Gasteiger partial charge >= 0.3 is 5.97 Å². The molecule has 2 heteroatoms. The summed E-state index contributed by atoms with van der Waals surface area (Å²) in [5, 5.41) is 0. The van der Waals surface area contributed by atoms with Crippen molar-refractivity contribution in [2.45, 2.75) is 65.4 Å². The van der Waals surface area contributed by atoms with Gasteiger partial charge in [0, 0.05) is 6.92 Å². The summed E-state index contributed by atoms with van der Waals surface area (Å²) in [7, 11) is 0. The van der Waals surface area contributed by atoms with Gasteiger partial charge in [-0.15, -0.1) is 0 Å². The Labute approximate surface area is 106 Å². The molecule has 0 aliphatic carbocycles. The molecule has 0 fully saturated rings. The van der Waals surface area contributed by atoms with E-state index in [4.69, 9.17) is 4.74 Å². The third-order valence-electron chi connectivity index (χ3n) is 2.40. The molecule has 0 aliphatic rings. The van der Waals surface area contributed by atoms with Crippen LogP contribution >= 0.6 is 0 Å². The van der Waals surface area contributed by atoms with Gasteiger partial charge in [-0.1, -0.05) is 31.6 Å². The van der Waals surface area contributed by atoms with Crippen molar-refractivity contribution in [2.75, 3.05) is 0 Å². The summed E-state index contributed by atoms with van der Waals surface area (Å²) in [5.74, 6) is -0.218. The van der Waals surface area contributed by atoms with E-state index in [0.717, 1.165) is 12.8 Å². The van der Waals surface area contributed by atoms with Gasteiger partial charge in [-0.3, -0.25) is 4.79 Å². The lowest BCUT2D eigenvalue weighted by Gasteiger charge is -2.05. The number of ether oxygens (including phenoxy) is 1. The summed E-state index contributed by atoms with van der Waals surface area (Å²) in [5.41, 5.74) is 0. The maximum absolute atomic E-state index is 10.7. The normalized spacial score (nSPS) is 13.4. The standard InChI is InChI=1S/C15H26O2/c1-4-5-6-7-8-9-10-11-12-13-14(2)17-15(3)16/h5-6,12-14H,4,7-11H2,1-3H3/b6-5+,13-12+. The molecule has 0 amide bonds. The quantitative estimate of drug-likeness (QED) is 0.338. The number of allylic oxidation sites excluding steroid dienone is 3. The zero-order valence-corrected chi connectivity index (χ0v) is 11.4. The summed E-state index contributed by atoms with van der Waals surface area (Å²) in [4.78, 5) is 10.7. The molecule has 1 unspecified atom stereocenters. The minimum Gasteiger partial charge on any atom is -0.459 e. The highest BCUT2D eigenvalue weighted by Crippen LogP contribution is 2.05. The van der Waals surface area contributed by atoms with Crippen molar-refractivity contribution in [3.05, 3.63) is 24.3 Å². The van der Waals surface area contributed by atoms with Crippen molar-refractivity contribution in [2.24, 2.45) is 0 Å². The van der Waals surface area contributed by atoms with Crippen LogP contribution in [0.5, 0.6) is 0 Å². The molecule has 0 N–H and O–H groups in total. The van der Waals surface area contributed by atoms with Crippen LogP contribution in [-0.2, 0) is 9.53 Å². The van der Waals surface area contributed by atoms with E-state index in [2.05, 4.69) is 25.2 Å². The van der Waals surface area contributed by atoms with Crippen LogP contribution in [0.4, 0.5) is 0 Å². The second kappa shape index (κ2) is 11.4. The monoisotopic (exact) mass is 238 g/mol. The molecular weight excluding hydrogens is 212 g/mol. The summed E-state index contributed by atoms with van der Waals surface area (Å²) in [6.45, 7) is 5.48. The Morgan fingerprint density at radius 2 is 1.76 bits per heavy atom. The van der Waals surface area contributed by atoms with Gasteiger partial charge in [0.25, 0.3) is 0 Å². The van der Waals surface area contributed by atoms with E-state index in [1.807, 2.05) is 13.0 Å². The molecule has 0 aromatic heterocycles. The molecule has 0 aromatic carbocycles. The molecule has 2 nitrogen and oxygen atoms in total. The second-order valence-electron chi connectivity index (χ2n) is 4.26. The Balaban J connectivity index is 3.35. The van der Waals surface area contributed by atoms with Crippen molar-refractivity contribution in [3.8, 4) is 0 Å². The number of rotatable bonds is 9. The first-order chi connectivity index (χ1) is 8.16. The van der Waals surface area contributed by atoms with E-state index in [1.54, 1.807) is 0 Å². The fourth-order valence-electron chi connectivity index (χ4n) is 1.57. The molecule has 0 rings (SSSR count). The summed E-state index contributed by atoms with van der Waals surface area (Å²) < 4.78 is 4.99. The molecule has 0 heterocycles. The van der Waals surface area contributed by atoms with Crippen molar-refractivity contribution < 1.29 is 9.53 Å². The van der Waals surface area contributed by atoms with Gasteiger partial charge in [0.05, 0.1) is 0 Å². The van der Waals surface area contributed by atoms with Gasteiger partial charge in [0.15, 0.2) is 0 Å². The molecule has 0 aliphatic heterocycles. The van der Waals surface area contributed by atoms with Gasteiger partial charge in [0.2, 0.25) is 0 Å². The van der Waals surface area contributed by atoms with Gasteiger partial charge in [-0.05, 0) is 45.1 Å². The maximum atomic E-state index is 10.7. The molecule has 0 radical (unpaired) electrons. The zero-order chi connectivity index (χ0) is 12.9. The fraction of sp³-hybridized carbons (Fsp3) is 0.667. The molecule has 17 heavy (non-hydrogen) atoms. The molecular formula is C15H26O2. The first-order valence-corrected chi connectivity index (χ1v) is 6.65. The van der Waals surface area contributed by atoms with Crippen LogP contribution in [0.15, 0.2) is 24.3 Å². The number of carbonyl (C=O) groups excluding carboxylic acids is 1. The smallest absolute Gasteiger partial charge is 0.303 e. The van der Waals surface area contributed by atoms with Crippen molar-refractivity contribution in [3.63, 3.8) is 0 Å². The summed E-state index contributed by atoms with van der Waals surface area (Å²) >= 11 is 0. The molecule has 0 saturated carbocycles. The van der Waals surface area contributed by atoms with E-state index in [1.165, 1.54) is 32.6 Å². The first-order valence-electron chi connectivity index (χ1n) is 6.65. The highest BCUT2D eigenvalue weighted by atomic mass is 16.5. The van der Waals surface area contributed by atoms with Crippen LogP contribution < -0.4 is 0 Å². The fourth-order valence-corrected chi connectivity index (χ4v) is 1.57. The average molecular weight is 238 g/mol. The van der Waals surface area contributed by atoms with Gasteiger partial charge in [-0.2, -0.15) is 0 Å². The topological polar surface area (TPSA) is 26.3 Å². The lowest BCUT2D eigenvalue weighted by molar-refractivity contribution is -0.143. The van der Waals surface area contributed by atoms with Crippen LogP contribution in [0, 0.1) is 0 Å². The molecule has 0 spiro atoms. The van der Waals surface area contributed by atoms with Crippen LogP contribution in [0.2, 0.25) is 0 Å². The largest absolute Gasteiger partial charge is 0.459 e. The van der Waals surface area contributed by atoms with Crippen LogP contribution in [0.25, 0.3) is 0 Å². The third-order valence-corrected chi connectivity index (χ3v) is 2.40. The van der Waals surface area contributed by atoms with Crippen LogP contribution in [-0.4, -0.2) is 12.1 Å². The van der Waals surface area contributed by atoms with Crippen molar-refractivity contribution >= 4 is 5.97 Å². The lowest BCUT2D eigenvalue weighted by atomic mass is 10.1. The molecule has 0 saturated heterocycles. The zero-order valence-electron chi connectivity index (χ0n) is 11.4. The van der Waals surface area contributed by atoms with Crippen molar-refractivity contribution in [1.82, 2.24) is 0 Å². The Hall–Kier alpha value is -1.05. The van der Waals surface area contributed by atoms with Crippen LogP contribution in [0.3, 0.4) is 0 Å². The Bertz CT molecular complexity index is 241. The highest BCUT2D eigenvalue weighted by molar-refractivity contribution is 5.66. The predicted octanol–water partition coefficient (Wildman–Crippen LogP) is 4.41. The lowest BCUT2D eigenvalue weighted by Crippen LogP contribution is -2.08. The number of hydrogen-bond acceptors (Lipinski definition) is 2. The van der Waals surface area contributed by atoms with E-state index in [-0.39, 0.29) is 12.1 Å². The maximum Gasteiger partial charge on any atom is 0.303 e. The summed E-state index contributed by atoms with van der Waals surface area (Å²) in [6.07, 6.45) is 15.6. The van der Waals surface area contributed by atoms with E-state index >= 15 is 0 Å². The van der Waals surface area contributed by atoms with E-state index in [9.17, 15) is 4.79 Å². The number of hydrogen-bond donors (Lipinski definition) is 0. The first kappa shape index (κ1) is 16.0. The Morgan fingerprint density at radius 1 is 1.12 bits per heavy atom. The second-order valence-corrected chi connectivity index (χ2v) is 4.26. The number of esters is 1. The van der Waals surface area contributed by atoms with Gasteiger partial charge < -0.3 is 4.74 Å². The number of unbranched alkanes of at least 4 members (excludes halogenated alkanes) is 4. The number of carbonyl (C=O) groups is 1. The van der Waals surface area contributed by atoms with E-state index in [0.29, 0.717) is 0 Å². The Kier molecular flexibility index (Phi) is 10.7. The van der Waals surface area contributed by atoms with Crippen LogP contribution in [0.1, 0.15) is 59.3 Å². The Morgan fingerprint density at radius 3 is 2.35 bits per heavy atom. The molecule has 0 bridgehead atoms. The molecule has 0 aromatic rings. The molecule has 98 valence electrons. The molecule has 1 atom stereocenters. The van der Waals surface area contributed by atoms with Gasteiger partial charge in [-0.25, -0.2) is 0 Å². The third kappa shape index (κ3) is 12.9.